The number of rotatable bonds is 3. The summed E-state index contributed by atoms with van der Waals surface area (Å²) in [4.78, 5) is 4.62. The molecular weight excluding hydrogens is 339 g/mol. The Kier molecular flexibility index (Phi) is 4.49. The largest absolute Gasteiger partial charge is 0.378 e. The molecule has 0 aliphatic carbocycles. The fourth-order valence-corrected chi connectivity index (χ4v) is 3.16. The number of anilines is 1. The minimum atomic E-state index is -0.257. The average molecular weight is 357 g/mol. The second kappa shape index (κ2) is 5.82. The number of halogens is 2. The van der Waals surface area contributed by atoms with Gasteiger partial charge in [0.1, 0.15) is 10.8 Å². The first-order chi connectivity index (χ1) is 9.27. The molecule has 0 amide bonds. The Hall–Kier alpha value is -0.940. The molecule has 0 aliphatic heterocycles. The summed E-state index contributed by atoms with van der Waals surface area (Å²) < 4.78 is 14.0. The maximum Gasteiger partial charge on any atom is 0.139 e. The third-order valence-electron chi connectivity index (χ3n) is 3.02. The monoisotopic (exact) mass is 356 g/mol. The predicted octanol–water partition coefficient (Wildman–Crippen LogP) is 5.26. The number of benzene rings is 1. The lowest BCUT2D eigenvalue weighted by molar-refractivity contribution is 0.571. The molecule has 2 aromatic rings. The molecule has 0 fully saturated rings. The predicted molar refractivity (Wildman–Crippen MR) is 87.0 cm³/mol. The van der Waals surface area contributed by atoms with E-state index in [2.05, 4.69) is 52.4 Å². The van der Waals surface area contributed by atoms with Crippen molar-refractivity contribution in [2.45, 2.75) is 39.7 Å². The summed E-state index contributed by atoms with van der Waals surface area (Å²) in [7, 11) is 0. The molecule has 5 heteroatoms. The summed E-state index contributed by atoms with van der Waals surface area (Å²) in [5.41, 5.74) is 2.97. The van der Waals surface area contributed by atoms with Crippen molar-refractivity contribution in [1.82, 2.24) is 4.98 Å². The summed E-state index contributed by atoms with van der Waals surface area (Å²) in [5, 5.41) is 6.35. The van der Waals surface area contributed by atoms with Crippen LogP contribution in [-0.4, -0.2) is 4.98 Å². The van der Waals surface area contributed by atoms with Crippen LogP contribution < -0.4 is 5.32 Å². The van der Waals surface area contributed by atoms with Gasteiger partial charge in [0, 0.05) is 16.5 Å². The van der Waals surface area contributed by atoms with Crippen LogP contribution in [0.5, 0.6) is 0 Å². The molecule has 1 aromatic carbocycles. The fourth-order valence-electron chi connectivity index (χ4n) is 1.74. The fraction of sp³-hybridized carbons (Fsp3) is 0.400. The highest BCUT2D eigenvalue weighted by Gasteiger charge is 2.17. The van der Waals surface area contributed by atoms with E-state index >= 15 is 0 Å². The van der Waals surface area contributed by atoms with Gasteiger partial charge in [0.25, 0.3) is 0 Å². The van der Waals surface area contributed by atoms with Crippen molar-refractivity contribution in [3.63, 3.8) is 0 Å². The van der Waals surface area contributed by atoms with Crippen LogP contribution in [0.4, 0.5) is 10.1 Å². The number of nitrogens with one attached hydrogen (secondary N) is 1. The number of thiazole rings is 1. The van der Waals surface area contributed by atoms with Crippen LogP contribution in [0.15, 0.2) is 22.0 Å². The van der Waals surface area contributed by atoms with Crippen LogP contribution >= 0.6 is 27.3 Å². The first-order valence-corrected chi connectivity index (χ1v) is 8.09. The Bertz CT molecular complexity index is 617. The molecule has 0 bridgehead atoms. The van der Waals surface area contributed by atoms with E-state index in [1.807, 2.05) is 6.92 Å². The molecule has 1 heterocycles. The maximum atomic E-state index is 13.5. The topological polar surface area (TPSA) is 24.9 Å². The summed E-state index contributed by atoms with van der Waals surface area (Å²) in [6.45, 7) is 9.01. The van der Waals surface area contributed by atoms with Crippen LogP contribution in [0, 0.1) is 12.7 Å². The zero-order valence-electron chi connectivity index (χ0n) is 12.1. The van der Waals surface area contributed by atoms with Gasteiger partial charge in [-0.05, 0) is 40.5 Å². The Morgan fingerprint density at radius 1 is 1.35 bits per heavy atom. The SMILES string of the molecule is Cc1cc(Br)c(F)cc1NCc1nc(C(C)(C)C)cs1. The Balaban J connectivity index is 2.09. The van der Waals surface area contributed by atoms with Crippen molar-refractivity contribution >= 4 is 33.0 Å². The molecule has 1 N–H and O–H groups in total. The smallest absolute Gasteiger partial charge is 0.139 e. The molecule has 0 radical (unpaired) electrons. The van der Waals surface area contributed by atoms with Gasteiger partial charge in [-0.3, -0.25) is 0 Å². The second-order valence-electron chi connectivity index (χ2n) is 5.81. The molecule has 2 nitrogen and oxygen atoms in total. The summed E-state index contributed by atoms with van der Waals surface area (Å²) in [6, 6.07) is 3.29. The maximum absolute atomic E-state index is 13.5. The molecule has 0 atom stereocenters. The highest BCUT2D eigenvalue weighted by atomic mass is 79.9. The van der Waals surface area contributed by atoms with E-state index in [0.717, 1.165) is 22.0 Å². The van der Waals surface area contributed by atoms with Crippen molar-refractivity contribution in [2.24, 2.45) is 0 Å². The first kappa shape index (κ1) is 15.4. The lowest BCUT2D eigenvalue weighted by atomic mass is 9.93. The van der Waals surface area contributed by atoms with Crippen LogP contribution in [-0.2, 0) is 12.0 Å². The summed E-state index contributed by atoms with van der Waals surface area (Å²) >= 11 is 4.82. The lowest BCUT2D eigenvalue weighted by Crippen LogP contribution is -2.12. The van der Waals surface area contributed by atoms with E-state index < -0.39 is 0 Å². The number of aromatic nitrogens is 1. The molecule has 0 aliphatic rings. The van der Waals surface area contributed by atoms with Gasteiger partial charge < -0.3 is 5.32 Å². The van der Waals surface area contributed by atoms with E-state index in [1.165, 1.54) is 6.07 Å². The van der Waals surface area contributed by atoms with E-state index in [0.29, 0.717) is 11.0 Å². The van der Waals surface area contributed by atoms with Crippen molar-refractivity contribution in [3.8, 4) is 0 Å². The number of hydrogen-bond donors (Lipinski definition) is 1. The second-order valence-corrected chi connectivity index (χ2v) is 7.61. The molecule has 0 saturated heterocycles. The van der Waals surface area contributed by atoms with Gasteiger partial charge in [-0.1, -0.05) is 20.8 Å². The van der Waals surface area contributed by atoms with E-state index in [-0.39, 0.29) is 11.2 Å². The Morgan fingerprint density at radius 2 is 2.05 bits per heavy atom. The third kappa shape index (κ3) is 3.58. The number of nitrogens with zero attached hydrogens (tertiary/aromatic N) is 1. The zero-order chi connectivity index (χ0) is 14.9. The van der Waals surface area contributed by atoms with Crippen LogP contribution in [0.3, 0.4) is 0 Å². The Labute approximate surface area is 131 Å². The van der Waals surface area contributed by atoms with Gasteiger partial charge in [0.2, 0.25) is 0 Å². The minimum Gasteiger partial charge on any atom is -0.378 e. The van der Waals surface area contributed by atoms with Crippen LogP contribution in [0.25, 0.3) is 0 Å². The number of aryl methyl sites for hydroxylation is 1. The van der Waals surface area contributed by atoms with E-state index in [1.54, 1.807) is 17.4 Å². The van der Waals surface area contributed by atoms with E-state index in [4.69, 9.17) is 0 Å². The minimum absolute atomic E-state index is 0.0639. The van der Waals surface area contributed by atoms with Crippen molar-refractivity contribution in [1.29, 1.82) is 0 Å². The molecule has 1 aromatic heterocycles. The van der Waals surface area contributed by atoms with Gasteiger partial charge in [0.05, 0.1) is 16.7 Å². The third-order valence-corrected chi connectivity index (χ3v) is 4.47. The van der Waals surface area contributed by atoms with Crippen molar-refractivity contribution < 1.29 is 4.39 Å². The quantitative estimate of drug-likeness (QED) is 0.810. The molecule has 20 heavy (non-hydrogen) atoms. The molecule has 0 saturated carbocycles. The van der Waals surface area contributed by atoms with Gasteiger partial charge in [-0.2, -0.15) is 0 Å². The zero-order valence-corrected chi connectivity index (χ0v) is 14.5. The van der Waals surface area contributed by atoms with Crippen LogP contribution in [0.2, 0.25) is 0 Å². The molecule has 108 valence electrons. The highest BCUT2D eigenvalue weighted by molar-refractivity contribution is 9.10. The summed E-state index contributed by atoms with van der Waals surface area (Å²) in [6.07, 6.45) is 0. The molecular formula is C15H18BrFN2S. The Morgan fingerprint density at radius 3 is 2.65 bits per heavy atom. The van der Waals surface area contributed by atoms with Gasteiger partial charge in [0.15, 0.2) is 0 Å². The van der Waals surface area contributed by atoms with Gasteiger partial charge in [-0.15, -0.1) is 11.3 Å². The highest BCUT2D eigenvalue weighted by Crippen LogP contribution is 2.26. The average Bonchev–Trinajstić information content (AvgIpc) is 2.80. The lowest BCUT2D eigenvalue weighted by Gasteiger charge is -2.14. The van der Waals surface area contributed by atoms with Gasteiger partial charge >= 0.3 is 0 Å². The van der Waals surface area contributed by atoms with Crippen LogP contribution in [0.1, 0.15) is 37.0 Å². The summed E-state index contributed by atoms with van der Waals surface area (Å²) in [5.74, 6) is -0.257. The van der Waals surface area contributed by atoms with Gasteiger partial charge in [-0.25, -0.2) is 9.37 Å². The molecule has 2 rings (SSSR count). The van der Waals surface area contributed by atoms with Crippen molar-refractivity contribution in [2.75, 3.05) is 5.32 Å². The standard InChI is InChI=1S/C15H18BrFN2S/c1-9-5-10(16)11(17)6-12(9)18-7-14-19-13(8-20-14)15(2,3)4/h5-6,8,18H,7H2,1-4H3. The van der Waals surface area contributed by atoms with E-state index in [9.17, 15) is 4.39 Å². The normalized spacial score (nSPS) is 11.7. The number of hydrogen-bond acceptors (Lipinski definition) is 3. The molecule has 0 spiro atoms. The van der Waals surface area contributed by atoms with Crippen molar-refractivity contribution in [3.05, 3.63) is 44.1 Å². The molecule has 0 unspecified atom stereocenters. The first-order valence-electron chi connectivity index (χ1n) is 6.42.